The van der Waals surface area contributed by atoms with Crippen molar-refractivity contribution in [2.45, 2.75) is 31.4 Å². The fraction of sp³-hybridized carbons (Fsp3) is 0.438. The molecule has 1 aliphatic heterocycles. The van der Waals surface area contributed by atoms with E-state index in [1.807, 2.05) is 25.1 Å². The SMILES string of the molecule is Cc1ccc(C#CCO)cc1NC(=O)C1CCCCS1. The van der Waals surface area contributed by atoms with Crippen LogP contribution in [0.2, 0.25) is 0 Å². The molecule has 1 amide bonds. The molecule has 1 aromatic rings. The van der Waals surface area contributed by atoms with Gasteiger partial charge in [0.2, 0.25) is 5.91 Å². The molecule has 3 nitrogen and oxygen atoms in total. The molecule has 0 radical (unpaired) electrons. The summed E-state index contributed by atoms with van der Waals surface area (Å²) in [5, 5.41) is 11.8. The molecule has 1 unspecified atom stereocenters. The van der Waals surface area contributed by atoms with Crippen LogP contribution in [0.4, 0.5) is 5.69 Å². The quantitative estimate of drug-likeness (QED) is 0.823. The predicted octanol–water partition coefficient (Wildman–Crippen LogP) is 2.56. The van der Waals surface area contributed by atoms with Crippen molar-refractivity contribution in [2.75, 3.05) is 17.7 Å². The smallest absolute Gasteiger partial charge is 0.237 e. The van der Waals surface area contributed by atoms with Crippen molar-refractivity contribution in [3.8, 4) is 11.8 Å². The summed E-state index contributed by atoms with van der Waals surface area (Å²) in [6, 6.07) is 5.69. The molecule has 0 aromatic heterocycles. The zero-order valence-electron chi connectivity index (χ0n) is 11.6. The standard InChI is InChI=1S/C16H19NO2S/c1-12-7-8-13(5-4-9-18)11-14(12)17-16(19)15-6-2-3-10-20-15/h7-8,11,15,18H,2-3,6,9-10H2,1H3,(H,17,19). The summed E-state index contributed by atoms with van der Waals surface area (Å²) in [6.45, 7) is 1.81. The van der Waals surface area contributed by atoms with Crippen LogP contribution in [0.5, 0.6) is 0 Å². The number of aryl methyl sites for hydroxylation is 1. The van der Waals surface area contributed by atoms with Crippen LogP contribution in [0.3, 0.4) is 0 Å². The number of aliphatic hydroxyl groups is 1. The van der Waals surface area contributed by atoms with Crippen LogP contribution in [-0.2, 0) is 4.79 Å². The van der Waals surface area contributed by atoms with E-state index in [-0.39, 0.29) is 17.8 Å². The minimum absolute atomic E-state index is 0.0651. The summed E-state index contributed by atoms with van der Waals surface area (Å²) in [7, 11) is 0. The molecule has 4 heteroatoms. The van der Waals surface area contributed by atoms with Crippen molar-refractivity contribution in [1.29, 1.82) is 0 Å². The first-order valence-corrected chi connectivity index (χ1v) is 7.88. The van der Waals surface area contributed by atoms with Gasteiger partial charge in [0, 0.05) is 11.3 Å². The molecule has 1 aliphatic rings. The Bertz CT molecular complexity index is 539. The van der Waals surface area contributed by atoms with Crippen molar-refractivity contribution in [2.24, 2.45) is 0 Å². The topological polar surface area (TPSA) is 49.3 Å². The fourth-order valence-electron chi connectivity index (χ4n) is 2.14. The van der Waals surface area contributed by atoms with E-state index in [0.717, 1.165) is 35.4 Å². The van der Waals surface area contributed by atoms with Crippen LogP contribution >= 0.6 is 11.8 Å². The number of benzene rings is 1. The maximum absolute atomic E-state index is 12.2. The summed E-state index contributed by atoms with van der Waals surface area (Å²) in [6.07, 6.45) is 3.30. The minimum atomic E-state index is -0.158. The molecule has 0 aliphatic carbocycles. The molecule has 0 spiro atoms. The van der Waals surface area contributed by atoms with E-state index in [1.165, 1.54) is 6.42 Å². The van der Waals surface area contributed by atoms with Crippen molar-refractivity contribution in [3.05, 3.63) is 29.3 Å². The molecular formula is C16H19NO2S. The molecule has 1 fully saturated rings. The van der Waals surface area contributed by atoms with E-state index in [0.29, 0.717) is 0 Å². The summed E-state index contributed by atoms with van der Waals surface area (Å²) < 4.78 is 0. The van der Waals surface area contributed by atoms with Gasteiger partial charge in [0.25, 0.3) is 0 Å². The molecule has 2 N–H and O–H groups in total. The summed E-state index contributed by atoms with van der Waals surface area (Å²) in [4.78, 5) is 12.2. The van der Waals surface area contributed by atoms with Crippen LogP contribution in [0.25, 0.3) is 0 Å². The molecular weight excluding hydrogens is 270 g/mol. The van der Waals surface area contributed by atoms with E-state index in [1.54, 1.807) is 11.8 Å². The number of hydrogen-bond acceptors (Lipinski definition) is 3. The van der Waals surface area contributed by atoms with Gasteiger partial charge in [-0.3, -0.25) is 4.79 Å². The predicted molar refractivity (Wildman–Crippen MR) is 83.9 cm³/mol. The molecule has 2 rings (SSSR count). The first kappa shape index (κ1) is 15.0. The second kappa shape index (κ2) is 7.37. The number of amides is 1. The lowest BCUT2D eigenvalue weighted by Gasteiger charge is -2.21. The number of rotatable bonds is 2. The maximum atomic E-state index is 12.2. The Labute approximate surface area is 124 Å². The second-order valence-electron chi connectivity index (χ2n) is 4.83. The first-order chi connectivity index (χ1) is 9.70. The number of aliphatic hydroxyl groups excluding tert-OH is 1. The summed E-state index contributed by atoms with van der Waals surface area (Å²) >= 11 is 1.74. The molecule has 0 bridgehead atoms. The van der Waals surface area contributed by atoms with Gasteiger partial charge in [-0.15, -0.1) is 11.8 Å². The fourth-order valence-corrected chi connectivity index (χ4v) is 3.34. The first-order valence-electron chi connectivity index (χ1n) is 6.83. The lowest BCUT2D eigenvalue weighted by atomic mass is 10.1. The van der Waals surface area contributed by atoms with E-state index in [9.17, 15) is 4.79 Å². The number of nitrogens with one attached hydrogen (secondary N) is 1. The Morgan fingerprint density at radius 2 is 2.35 bits per heavy atom. The van der Waals surface area contributed by atoms with Gasteiger partial charge >= 0.3 is 0 Å². The average Bonchev–Trinajstić information content (AvgIpc) is 2.49. The highest BCUT2D eigenvalue weighted by Crippen LogP contribution is 2.27. The van der Waals surface area contributed by atoms with Gasteiger partial charge in [0.15, 0.2) is 0 Å². The number of carbonyl (C=O) groups is 1. The average molecular weight is 289 g/mol. The molecule has 1 heterocycles. The molecule has 1 saturated heterocycles. The van der Waals surface area contributed by atoms with Gasteiger partial charge < -0.3 is 10.4 Å². The number of hydrogen-bond donors (Lipinski definition) is 2. The Morgan fingerprint density at radius 1 is 1.50 bits per heavy atom. The third-order valence-electron chi connectivity index (χ3n) is 3.28. The van der Waals surface area contributed by atoms with E-state index in [4.69, 9.17) is 5.11 Å². The number of anilines is 1. The van der Waals surface area contributed by atoms with Gasteiger partial charge in [0.05, 0.1) is 5.25 Å². The normalized spacial score (nSPS) is 18.0. The van der Waals surface area contributed by atoms with Gasteiger partial charge in [-0.05, 0) is 43.2 Å². The van der Waals surface area contributed by atoms with Crippen LogP contribution in [-0.4, -0.2) is 28.6 Å². The summed E-state index contributed by atoms with van der Waals surface area (Å²) in [5.41, 5.74) is 2.64. The van der Waals surface area contributed by atoms with Crippen molar-refractivity contribution >= 4 is 23.4 Å². The highest BCUT2D eigenvalue weighted by Gasteiger charge is 2.22. The van der Waals surface area contributed by atoms with Gasteiger partial charge in [-0.2, -0.15) is 0 Å². The van der Waals surface area contributed by atoms with Crippen LogP contribution in [0, 0.1) is 18.8 Å². The zero-order valence-corrected chi connectivity index (χ0v) is 12.4. The molecule has 1 atom stereocenters. The maximum Gasteiger partial charge on any atom is 0.237 e. The Hall–Kier alpha value is -1.44. The highest BCUT2D eigenvalue weighted by atomic mass is 32.2. The minimum Gasteiger partial charge on any atom is -0.384 e. The number of carbonyl (C=O) groups excluding carboxylic acids is 1. The molecule has 1 aromatic carbocycles. The van der Waals surface area contributed by atoms with Crippen molar-refractivity contribution in [3.63, 3.8) is 0 Å². The van der Waals surface area contributed by atoms with E-state index < -0.39 is 0 Å². The monoisotopic (exact) mass is 289 g/mol. The van der Waals surface area contributed by atoms with E-state index >= 15 is 0 Å². The Balaban J connectivity index is 2.09. The third kappa shape index (κ3) is 4.03. The highest BCUT2D eigenvalue weighted by molar-refractivity contribution is 8.00. The van der Waals surface area contributed by atoms with E-state index in [2.05, 4.69) is 17.2 Å². The van der Waals surface area contributed by atoms with Crippen molar-refractivity contribution < 1.29 is 9.90 Å². The summed E-state index contributed by atoms with van der Waals surface area (Å²) in [5.74, 6) is 6.63. The third-order valence-corrected chi connectivity index (χ3v) is 4.66. The van der Waals surface area contributed by atoms with Gasteiger partial charge in [0.1, 0.15) is 6.61 Å². The van der Waals surface area contributed by atoms with Crippen LogP contribution in [0.15, 0.2) is 18.2 Å². The molecule has 106 valence electrons. The largest absolute Gasteiger partial charge is 0.384 e. The lowest BCUT2D eigenvalue weighted by molar-refractivity contribution is -0.115. The Kier molecular flexibility index (Phi) is 5.51. The van der Waals surface area contributed by atoms with Gasteiger partial charge in [-0.1, -0.05) is 24.3 Å². The zero-order chi connectivity index (χ0) is 14.4. The molecule has 0 saturated carbocycles. The lowest BCUT2D eigenvalue weighted by Crippen LogP contribution is -2.27. The number of thioether (sulfide) groups is 1. The molecule has 20 heavy (non-hydrogen) atoms. The Morgan fingerprint density at radius 3 is 3.05 bits per heavy atom. The van der Waals surface area contributed by atoms with Crippen LogP contribution < -0.4 is 5.32 Å². The second-order valence-corrected chi connectivity index (χ2v) is 6.14. The van der Waals surface area contributed by atoms with Crippen LogP contribution in [0.1, 0.15) is 30.4 Å². The van der Waals surface area contributed by atoms with Gasteiger partial charge in [-0.25, -0.2) is 0 Å². The van der Waals surface area contributed by atoms with Crippen molar-refractivity contribution in [1.82, 2.24) is 0 Å².